The summed E-state index contributed by atoms with van der Waals surface area (Å²) < 4.78 is 7.32. The van der Waals surface area contributed by atoms with Gasteiger partial charge in [-0.1, -0.05) is 43.7 Å². The highest BCUT2D eigenvalue weighted by Gasteiger charge is 2.31. The van der Waals surface area contributed by atoms with E-state index in [9.17, 15) is 4.79 Å². The van der Waals surface area contributed by atoms with Gasteiger partial charge in [-0.3, -0.25) is 4.79 Å². The van der Waals surface area contributed by atoms with Crippen molar-refractivity contribution in [2.24, 2.45) is 11.3 Å². The van der Waals surface area contributed by atoms with Gasteiger partial charge in [-0.25, -0.2) is 4.68 Å². The average Bonchev–Trinajstić information content (AvgIpc) is 3.08. The minimum absolute atomic E-state index is 0.0196. The van der Waals surface area contributed by atoms with Crippen molar-refractivity contribution >= 4 is 21.6 Å². The lowest BCUT2D eigenvalue weighted by Gasteiger charge is -2.33. The fourth-order valence-corrected chi connectivity index (χ4v) is 5.44. The van der Waals surface area contributed by atoms with Crippen molar-refractivity contribution in [1.82, 2.24) is 15.0 Å². The monoisotopic (exact) mass is 425 g/mol. The summed E-state index contributed by atoms with van der Waals surface area (Å²) in [5.74, 6) is 1.54. The van der Waals surface area contributed by atoms with E-state index in [0.717, 1.165) is 48.1 Å². The molecule has 3 aromatic rings. The van der Waals surface area contributed by atoms with Crippen molar-refractivity contribution in [1.29, 1.82) is 0 Å². The van der Waals surface area contributed by atoms with Crippen LogP contribution in [-0.2, 0) is 19.4 Å². The van der Waals surface area contributed by atoms with Gasteiger partial charge in [0.15, 0.2) is 4.83 Å². The van der Waals surface area contributed by atoms with E-state index in [0.29, 0.717) is 24.5 Å². The van der Waals surface area contributed by atoms with E-state index >= 15 is 0 Å². The second-order valence-electron chi connectivity index (χ2n) is 9.48. The molecule has 4 rings (SSSR count). The van der Waals surface area contributed by atoms with Crippen molar-refractivity contribution in [3.8, 4) is 5.75 Å². The van der Waals surface area contributed by atoms with Crippen molar-refractivity contribution in [3.05, 3.63) is 50.6 Å². The Morgan fingerprint density at radius 1 is 1.20 bits per heavy atom. The number of fused-ring (bicyclic) bond motifs is 3. The molecule has 0 radical (unpaired) electrons. The number of aryl methyl sites for hydroxylation is 3. The summed E-state index contributed by atoms with van der Waals surface area (Å²) in [5, 5.41) is 9.41. The molecule has 0 saturated carbocycles. The number of ether oxygens (including phenoxy) is 1. The Bertz CT molecular complexity index is 1080. The highest BCUT2D eigenvalue weighted by molar-refractivity contribution is 7.18. The van der Waals surface area contributed by atoms with Crippen molar-refractivity contribution in [2.75, 3.05) is 6.61 Å². The summed E-state index contributed by atoms with van der Waals surface area (Å²) >= 11 is 1.67. The van der Waals surface area contributed by atoms with Crippen LogP contribution in [0.5, 0.6) is 5.75 Å². The molecule has 0 N–H and O–H groups in total. The van der Waals surface area contributed by atoms with Crippen LogP contribution in [0, 0.1) is 18.3 Å². The van der Waals surface area contributed by atoms with E-state index in [2.05, 4.69) is 38.0 Å². The zero-order chi connectivity index (χ0) is 21.3. The molecule has 0 saturated heterocycles. The summed E-state index contributed by atoms with van der Waals surface area (Å²) in [6, 6.07) is 8.07. The second kappa shape index (κ2) is 8.50. The summed E-state index contributed by atoms with van der Waals surface area (Å²) in [6.45, 7) is 10.2. The van der Waals surface area contributed by atoms with E-state index in [1.165, 1.54) is 20.7 Å². The molecule has 0 fully saturated rings. The predicted octanol–water partition coefficient (Wildman–Crippen LogP) is 5.17. The molecule has 0 amide bonds. The molecule has 160 valence electrons. The maximum atomic E-state index is 13.1. The van der Waals surface area contributed by atoms with Gasteiger partial charge < -0.3 is 4.74 Å². The third kappa shape index (κ3) is 4.43. The Labute approximate surface area is 182 Å². The summed E-state index contributed by atoms with van der Waals surface area (Å²) in [5.41, 5.74) is 2.76. The maximum Gasteiger partial charge on any atom is 0.278 e. The minimum Gasteiger partial charge on any atom is -0.494 e. The molecule has 1 aromatic carbocycles. The Balaban J connectivity index is 1.40. The van der Waals surface area contributed by atoms with Crippen LogP contribution in [0.25, 0.3) is 10.2 Å². The van der Waals surface area contributed by atoms with Gasteiger partial charge in [-0.15, -0.1) is 16.4 Å². The Kier molecular flexibility index (Phi) is 5.96. The number of hydrogen-bond acceptors (Lipinski definition) is 5. The molecule has 1 atom stereocenters. The van der Waals surface area contributed by atoms with Gasteiger partial charge in [-0.05, 0) is 68.1 Å². The van der Waals surface area contributed by atoms with Crippen molar-refractivity contribution in [2.45, 2.75) is 66.3 Å². The summed E-state index contributed by atoms with van der Waals surface area (Å²) in [7, 11) is 0. The van der Waals surface area contributed by atoms with Crippen LogP contribution < -0.4 is 10.3 Å². The van der Waals surface area contributed by atoms with Crippen LogP contribution in [0.3, 0.4) is 0 Å². The molecule has 5 nitrogen and oxygen atoms in total. The number of hydrogen-bond donors (Lipinski definition) is 0. The molecule has 6 heteroatoms. The summed E-state index contributed by atoms with van der Waals surface area (Å²) in [6.07, 6.45) is 4.87. The van der Waals surface area contributed by atoms with Gasteiger partial charge in [0.05, 0.1) is 12.0 Å². The Morgan fingerprint density at radius 3 is 2.70 bits per heavy atom. The second-order valence-corrected chi connectivity index (χ2v) is 10.6. The van der Waals surface area contributed by atoms with Gasteiger partial charge in [0.2, 0.25) is 0 Å². The van der Waals surface area contributed by atoms with Crippen LogP contribution >= 0.6 is 11.3 Å². The smallest absolute Gasteiger partial charge is 0.278 e. The summed E-state index contributed by atoms with van der Waals surface area (Å²) in [4.78, 5) is 15.2. The molecule has 0 aliphatic heterocycles. The first kappa shape index (κ1) is 21.0. The minimum atomic E-state index is 0.0196. The molecule has 0 bridgehead atoms. The quantitative estimate of drug-likeness (QED) is 0.511. The van der Waals surface area contributed by atoms with E-state index < -0.39 is 0 Å². The van der Waals surface area contributed by atoms with Gasteiger partial charge in [0.1, 0.15) is 5.75 Å². The molecule has 2 aromatic heterocycles. The van der Waals surface area contributed by atoms with Crippen LogP contribution in [0.2, 0.25) is 0 Å². The first-order valence-electron chi connectivity index (χ1n) is 10.9. The van der Waals surface area contributed by atoms with E-state index in [1.807, 2.05) is 24.3 Å². The topological polar surface area (TPSA) is 57.0 Å². The van der Waals surface area contributed by atoms with E-state index in [-0.39, 0.29) is 5.56 Å². The number of unbranched alkanes of at least 4 members (excludes halogenated alkanes) is 1. The number of aromatic nitrogens is 3. The Hall–Kier alpha value is -2.21. The van der Waals surface area contributed by atoms with Crippen molar-refractivity contribution in [3.63, 3.8) is 0 Å². The highest BCUT2D eigenvalue weighted by Crippen LogP contribution is 2.41. The molecular weight excluding hydrogens is 394 g/mol. The third-order valence-corrected chi connectivity index (χ3v) is 7.36. The first-order valence-corrected chi connectivity index (χ1v) is 11.7. The molecule has 1 aliphatic carbocycles. The van der Waals surface area contributed by atoms with E-state index in [4.69, 9.17) is 4.74 Å². The predicted molar refractivity (Wildman–Crippen MR) is 123 cm³/mol. The largest absolute Gasteiger partial charge is 0.494 e. The van der Waals surface area contributed by atoms with Crippen molar-refractivity contribution < 1.29 is 4.74 Å². The van der Waals surface area contributed by atoms with Gasteiger partial charge in [0.25, 0.3) is 5.56 Å². The van der Waals surface area contributed by atoms with E-state index in [1.54, 1.807) is 11.3 Å². The fourth-order valence-electron chi connectivity index (χ4n) is 4.20. The SMILES string of the molecule is Cc1ccc(OCCCCn2nnc3sc4c(c3c2=O)CCC(C(C)(C)C)C4)cc1. The van der Waals surface area contributed by atoms with Crippen LogP contribution in [0.1, 0.15) is 56.0 Å². The van der Waals surface area contributed by atoms with Crippen LogP contribution in [0.15, 0.2) is 29.1 Å². The van der Waals surface area contributed by atoms with Crippen LogP contribution in [0.4, 0.5) is 0 Å². The Morgan fingerprint density at radius 2 is 1.97 bits per heavy atom. The van der Waals surface area contributed by atoms with Gasteiger partial charge in [0, 0.05) is 11.4 Å². The zero-order valence-electron chi connectivity index (χ0n) is 18.4. The molecule has 2 heterocycles. The maximum absolute atomic E-state index is 13.1. The fraction of sp³-hybridized carbons (Fsp3) is 0.542. The molecule has 1 unspecified atom stereocenters. The number of thiophene rings is 1. The number of nitrogens with zero attached hydrogens (tertiary/aromatic N) is 3. The van der Waals surface area contributed by atoms with Crippen LogP contribution in [-0.4, -0.2) is 21.6 Å². The third-order valence-electron chi connectivity index (χ3n) is 6.22. The number of benzene rings is 1. The molecule has 1 aliphatic rings. The highest BCUT2D eigenvalue weighted by atomic mass is 32.1. The van der Waals surface area contributed by atoms with Gasteiger partial charge in [-0.2, -0.15) is 0 Å². The zero-order valence-corrected chi connectivity index (χ0v) is 19.2. The lowest BCUT2D eigenvalue weighted by Crippen LogP contribution is -2.27. The number of rotatable bonds is 6. The first-order chi connectivity index (χ1) is 14.3. The lowest BCUT2D eigenvalue weighted by atomic mass is 9.72. The molecule has 0 spiro atoms. The lowest BCUT2D eigenvalue weighted by molar-refractivity contribution is 0.218. The average molecular weight is 426 g/mol. The van der Waals surface area contributed by atoms with Gasteiger partial charge >= 0.3 is 0 Å². The molecular formula is C24H31N3O2S. The molecule has 30 heavy (non-hydrogen) atoms. The normalized spacial score (nSPS) is 16.6. The standard InChI is InChI=1S/C24H31N3O2S/c1-16-7-10-18(11-8-16)29-14-6-5-13-27-23(28)21-19-12-9-17(24(2,3)4)15-20(19)30-22(21)25-26-27/h7-8,10-11,17H,5-6,9,12-15H2,1-4H3.